The van der Waals surface area contributed by atoms with E-state index in [1.807, 2.05) is 38.3 Å². The van der Waals surface area contributed by atoms with Crippen LogP contribution in [0.15, 0.2) is 23.1 Å². The van der Waals surface area contributed by atoms with Gasteiger partial charge in [-0.3, -0.25) is 4.79 Å². The van der Waals surface area contributed by atoms with Crippen LogP contribution in [-0.2, 0) is 4.79 Å². The first-order chi connectivity index (χ1) is 6.52. The number of amides is 1. The van der Waals surface area contributed by atoms with Crippen LogP contribution >= 0.6 is 11.3 Å². The highest BCUT2D eigenvalue weighted by Crippen LogP contribution is 2.34. The molecule has 14 heavy (non-hydrogen) atoms. The fraction of sp³-hybridized carbons (Fsp3) is 0.364. The smallest absolute Gasteiger partial charge is 0.253 e. The van der Waals surface area contributed by atoms with Crippen LogP contribution < -0.4 is 5.32 Å². The van der Waals surface area contributed by atoms with E-state index in [4.69, 9.17) is 0 Å². The van der Waals surface area contributed by atoms with Crippen LogP contribution in [0, 0.1) is 0 Å². The van der Waals surface area contributed by atoms with Crippen molar-refractivity contribution in [2.75, 3.05) is 0 Å². The Morgan fingerprint density at radius 2 is 2.14 bits per heavy atom. The monoisotopic (exact) mass is 207 g/mol. The molecule has 1 aliphatic rings. The third kappa shape index (κ3) is 1.28. The van der Waals surface area contributed by atoms with Crippen molar-refractivity contribution in [1.29, 1.82) is 0 Å². The molecule has 1 N–H and O–H groups in total. The van der Waals surface area contributed by atoms with E-state index >= 15 is 0 Å². The van der Waals surface area contributed by atoms with Gasteiger partial charge in [-0.2, -0.15) is 0 Å². The normalized spacial score (nSPS) is 20.1. The lowest BCUT2D eigenvalue weighted by Gasteiger charge is -2.19. The topological polar surface area (TPSA) is 29.1 Å². The highest BCUT2D eigenvalue weighted by molar-refractivity contribution is 7.11. The van der Waals surface area contributed by atoms with E-state index in [2.05, 4.69) is 5.32 Å². The average Bonchev–Trinajstić information content (AvgIpc) is 2.61. The van der Waals surface area contributed by atoms with Gasteiger partial charge in [0, 0.05) is 4.88 Å². The molecule has 2 rings (SSSR count). The molecule has 0 unspecified atom stereocenters. The first-order valence-electron chi connectivity index (χ1n) is 4.60. The van der Waals surface area contributed by atoms with E-state index in [1.165, 1.54) is 0 Å². The Labute approximate surface area is 87.6 Å². The molecule has 2 nitrogen and oxygen atoms in total. The predicted octanol–water partition coefficient (Wildman–Crippen LogP) is 2.43. The highest BCUT2D eigenvalue weighted by atomic mass is 32.1. The number of carbonyl (C=O) groups is 1. The van der Waals surface area contributed by atoms with Gasteiger partial charge in [-0.25, -0.2) is 0 Å². The summed E-state index contributed by atoms with van der Waals surface area (Å²) in [5.41, 5.74) is 1.78. The average molecular weight is 207 g/mol. The van der Waals surface area contributed by atoms with Crippen molar-refractivity contribution in [2.24, 2.45) is 0 Å². The third-order valence-corrected chi connectivity index (χ3v) is 3.62. The molecule has 3 heteroatoms. The number of rotatable bonds is 1. The molecule has 0 spiro atoms. The van der Waals surface area contributed by atoms with Gasteiger partial charge in [0.1, 0.15) is 0 Å². The molecule has 0 fully saturated rings. The number of hydrogen-bond acceptors (Lipinski definition) is 2. The van der Waals surface area contributed by atoms with Crippen molar-refractivity contribution in [3.05, 3.63) is 28.0 Å². The Balaban J connectivity index is 2.54. The van der Waals surface area contributed by atoms with Crippen LogP contribution in [0.25, 0.3) is 5.57 Å². The second-order valence-corrected chi connectivity index (χ2v) is 5.00. The summed E-state index contributed by atoms with van der Waals surface area (Å²) in [7, 11) is 0. The van der Waals surface area contributed by atoms with Crippen molar-refractivity contribution >= 4 is 22.8 Å². The SMILES string of the molecule is CC1=C(c2cccs2)C(=O)NC1(C)C. The molecule has 0 aliphatic carbocycles. The quantitative estimate of drug-likeness (QED) is 0.753. The Morgan fingerprint density at radius 1 is 1.43 bits per heavy atom. The van der Waals surface area contributed by atoms with Gasteiger partial charge in [0.25, 0.3) is 5.91 Å². The predicted molar refractivity (Wildman–Crippen MR) is 59.1 cm³/mol. The summed E-state index contributed by atoms with van der Waals surface area (Å²) in [6.07, 6.45) is 0. The molecule has 0 bridgehead atoms. The van der Waals surface area contributed by atoms with Gasteiger partial charge >= 0.3 is 0 Å². The molecule has 1 amide bonds. The van der Waals surface area contributed by atoms with Gasteiger partial charge < -0.3 is 5.32 Å². The van der Waals surface area contributed by atoms with Gasteiger partial charge in [0.2, 0.25) is 0 Å². The zero-order valence-electron chi connectivity index (χ0n) is 8.55. The molecule has 1 aliphatic heterocycles. The van der Waals surface area contributed by atoms with Crippen LogP contribution in [0.4, 0.5) is 0 Å². The first-order valence-corrected chi connectivity index (χ1v) is 5.48. The van der Waals surface area contributed by atoms with Gasteiger partial charge in [-0.15, -0.1) is 11.3 Å². The standard InChI is InChI=1S/C11H13NOS/c1-7-9(8-5-4-6-14-8)10(13)12-11(7,2)3/h4-6H,1-3H3,(H,12,13). The maximum absolute atomic E-state index is 11.7. The molecule has 1 aromatic heterocycles. The second-order valence-electron chi connectivity index (χ2n) is 4.06. The zero-order valence-corrected chi connectivity index (χ0v) is 9.37. The lowest BCUT2D eigenvalue weighted by molar-refractivity contribution is -0.115. The molecule has 0 atom stereocenters. The minimum Gasteiger partial charge on any atom is -0.343 e. The van der Waals surface area contributed by atoms with Crippen LogP contribution in [0.1, 0.15) is 25.6 Å². The number of hydrogen-bond donors (Lipinski definition) is 1. The van der Waals surface area contributed by atoms with Crippen molar-refractivity contribution in [3.63, 3.8) is 0 Å². The Bertz CT molecular complexity index is 401. The van der Waals surface area contributed by atoms with E-state index in [-0.39, 0.29) is 11.4 Å². The summed E-state index contributed by atoms with van der Waals surface area (Å²) in [4.78, 5) is 12.8. The summed E-state index contributed by atoms with van der Waals surface area (Å²) >= 11 is 1.61. The molecule has 74 valence electrons. The minimum atomic E-state index is -0.198. The number of nitrogens with one attached hydrogen (secondary N) is 1. The van der Waals surface area contributed by atoms with E-state index < -0.39 is 0 Å². The molecular weight excluding hydrogens is 194 g/mol. The number of thiophene rings is 1. The second kappa shape index (κ2) is 2.95. The van der Waals surface area contributed by atoms with Crippen LogP contribution in [0.3, 0.4) is 0 Å². The van der Waals surface area contributed by atoms with Gasteiger partial charge in [-0.05, 0) is 37.8 Å². The molecular formula is C11H13NOS. The highest BCUT2D eigenvalue weighted by Gasteiger charge is 2.35. The van der Waals surface area contributed by atoms with Gasteiger partial charge in [0.15, 0.2) is 0 Å². The van der Waals surface area contributed by atoms with Crippen LogP contribution in [-0.4, -0.2) is 11.4 Å². The largest absolute Gasteiger partial charge is 0.343 e. The maximum Gasteiger partial charge on any atom is 0.253 e. The number of carbonyl (C=O) groups excluding carboxylic acids is 1. The molecule has 0 aromatic carbocycles. The molecule has 0 saturated carbocycles. The fourth-order valence-electron chi connectivity index (χ4n) is 1.64. The Hall–Kier alpha value is -1.09. The fourth-order valence-corrected chi connectivity index (χ4v) is 2.46. The lowest BCUT2D eigenvalue weighted by atomic mass is 9.95. The van der Waals surface area contributed by atoms with Crippen molar-refractivity contribution < 1.29 is 4.79 Å². The minimum absolute atomic E-state index is 0.0509. The summed E-state index contributed by atoms with van der Waals surface area (Å²) in [5.74, 6) is 0.0509. The summed E-state index contributed by atoms with van der Waals surface area (Å²) in [6, 6.07) is 3.96. The summed E-state index contributed by atoms with van der Waals surface area (Å²) in [5, 5.41) is 4.97. The molecule has 0 saturated heterocycles. The lowest BCUT2D eigenvalue weighted by Crippen LogP contribution is -2.37. The van der Waals surface area contributed by atoms with E-state index in [0.29, 0.717) is 0 Å². The van der Waals surface area contributed by atoms with Gasteiger partial charge in [0.05, 0.1) is 11.1 Å². The van der Waals surface area contributed by atoms with Gasteiger partial charge in [-0.1, -0.05) is 6.07 Å². The molecule has 0 radical (unpaired) electrons. The van der Waals surface area contributed by atoms with E-state index in [9.17, 15) is 4.79 Å². The van der Waals surface area contributed by atoms with Crippen LogP contribution in [0.5, 0.6) is 0 Å². The Kier molecular flexibility index (Phi) is 2.00. The van der Waals surface area contributed by atoms with Crippen LogP contribution in [0.2, 0.25) is 0 Å². The van der Waals surface area contributed by atoms with E-state index in [0.717, 1.165) is 16.0 Å². The summed E-state index contributed by atoms with van der Waals surface area (Å²) < 4.78 is 0. The Morgan fingerprint density at radius 3 is 2.57 bits per heavy atom. The van der Waals surface area contributed by atoms with Crippen molar-refractivity contribution in [2.45, 2.75) is 26.3 Å². The molecule has 2 heterocycles. The van der Waals surface area contributed by atoms with Crippen molar-refractivity contribution in [3.8, 4) is 0 Å². The third-order valence-electron chi connectivity index (χ3n) is 2.73. The zero-order chi connectivity index (χ0) is 10.3. The first kappa shape index (κ1) is 9.46. The molecule has 1 aromatic rings. The maximum atomic E-state index is 11.7. The van der Waals surface area contributed by atoms with Crippen molar-refractivity contribution in [1.82, 2.24) is 5.32 Å². The van der Waals surface area contributed by atoms with E-state index in [1.54, 1.807) is 11.3 Å². The summed E-state index contributed by atoms with van der Waals surface area (Å²) in [6.45, 7) is 6.08.